The number of nitrogens with one attached hydrogen (secondary N) is 1. The van der Waals surface area contributed by atoms with Crippen LogP contribution in [0.1, 0.15) is 38.5 Å². The Morgan fingerprint density at radius 1 is 1.18 bits per heavy atom. The first-order valence-corrected chi connectivity index (χ1v) is 8.64. The van der Waals surface area contributed by atoms with Crippen LogP contribution in [0.2, 0.25) is 0 Å². The third-order valence-corrected chi connectivity index (χ3v) is 5.90. The van der Waals surface area contributed by atoms with E-state index in [-0.39, 0.29) is 0 Å². The zero-order valence-electron chi connectivity index (χ0n) is 9.32. The fourth-order valence-corrected chi connectivity index (χ4v) is 3.98. The van der Waals surface area contributed by atoms with E-state index in [9.17, 15) is 9.46 Å². The van der Waals surface area contributed by atoms with Crippen molar-refractivity contribution in [3.63, 3.8) is 0 Å². The minimum Gasteiger partial charge on any atom is -0.317 e. The van der Waals surface area contributed by atoms with Crippen molar-refractivity contribution >= 4 is 20.7 Å². The van der Waals surface area contributed by atoms with Gasteiger partial charge in [-0.3, -0.25) is 9.93 Å². The SMILES string of the molecule is N=C(P(=O)(O)OC1CCCCCC1)[P+](O)(O)O. The second kappa shape index (κ2) is 5.85. The lowest BCUT2D eigenvalue weighted by Gasteiger charge is -2.19. The van der Waals surface area contributed by atoms with E-state index in [1.165, 1.54) is 0 Å². The Labute approximate surface area is 100 Å². The molecule has 0 aliphatic heterocycles. The summed E-state index contributed by atoms with van der Waals surface area (Å²) in [5.74, 6) is 0. The van der Waals surface area contributed by atoms with E-state index in [0.717, 1.165) is 25.7 Å². The van der Waals surface area contributed by atoms with Gasteiger partial charge < -0.3 is 4.89 Å². The number of hydrogen-bond acceptors (Lipinski definition) is 6. The van der Waals surface area contributed by atoms with Crippen molar-refractivity contribution in [1.82, 2.24) is 0 Å². The van der Waals surface area contributed by atoms with E-state index in [1.807, 2.05) is 0 Å². The summed E-state index contributed by atoms with van der Waals surface area (Å²) >= 11 is 0. The fraction of sp³-hybridized carbons (Fsp3) is 0.875. The lowest BCUT2D eigenvalue weighted by atomic mass is 10.2. The van der Waals surface area contributed by atoms with Gasteiger partial charge in [-0.05, 0) is 12.8 Å². The maximum Gasteiger partial charge on any atom is 0.469 e. The molecule has 1 saturated carbocycles. The van der Waals surface area contributed by atoms with Gasteiger partial charge in [0.15, 0.2) is 0 Å². The molecule has 0 heterocycles. The first kappa shape index (κ1) is 15.2. The van der Waals surface area contributed by atoms with Gasteiger partial charge in [-0.25, -0.2) is 4.57 Å². The van der Waals surface area contributed by atoms with Gasteiger partial charge in [-0.15, -0.1) is 0 Å². The maximum atomic E-state index is 11.6. The van der Waals surface area contributed by atoms with Crippen molar-refractivity contribution in [2.24, 2.45) is 0 Å². The molecular formula is C8H18NO6P2+. The lowest BCUT2D eigenvalue weighted by molar-refractivity contribution is 0.166. The summed E-state index contributed by atoms with van der Waals surface area (Å²) in [6, 6.07) is 0. The Morgan fingerprint density at radius 2 is 1.65 bits per heavy atom. The predicted molar refractivity (Wildman–Crippen MR) is 63.7 cm³/mol. The quantitative estimate of drug-likeness (QED) is 0.303. The average molecular weight is 286 g/mol. The van der Waals surface area contributed by atoms with Crippen molar-refractivity contribution in [2.75, 3.05) is 0 Å². The van der Waals surface area contributed by atoms with Crippen molar-refractivity contribution in [3.05, 3.63) is 0 Å². The molecule has 100 valence electrons. The molecule has 0 aromatic heterocycles. The largest absolute Gasteiger partial charge is 0.469 e. The minimum absolute atomic E-state index is 0.472. The number of hydrogen-bond donors (Lipinski definition) is 5. The van der Waals surface area contributed by atoms with Crippen LogP contribution in [-0.2, 0) is 9.09 Å². The summed E-state index contributed by atoms with van der Waals surface area (Å²) in [6.45, 7) is 0. The number of rotatable bonds is 4. The standard InChI is InChI=1S/C8H17NO6P2/c9-8(16(10,11)12)17(13,14)15-7-5-3-1-2-4-6-7/h7,9-12H,1-6H2/p+1. The Bertz CT molecular complexity index is 320. The van der Waals surface area contributed by atoms with Crippen LogP contribution in [0, 0.1) is 5.41 Å². The molecule has 0 aromatic rings. The Hall–Kier alpha value is 0.130. The molecule has 0 bridgehead atoms. The molecule has 0 spiro atoms. The smallest absolute Gasteiger partial charge is 0.317 e. The van der Waals surface area contributed by atoms with Crippen LogP contribution in [0.3, 0.4) is 0 Å². The second-order valence-electron chi connectivity index (χ2n) is 4.13. The first-order valence-electron chi connectivity index (χ1n) is 5.41. The summed E-state index contributed by atoms with van der Waals surface area (Å²) in [6.07, 6.45) is 4.54. The van der Waals surface area contributed by atoms with Crippen LogP contribution in [0.4, 0.5) is 0 Å². The highest BCUT2D eigenvalue weighted by atomic mass is 31.3. The van der Waals surface area contributed by atoms with Crippen LogP contribution in [0.25, 0.3) is 0 Å². The maximum absolute atomic E-state index is 11.6. The van der Waals surface area contributed by atoms with Crippen LogP contribution >= 0.6 is 15.5 Å². The normalized spacial score (nSPS) is 22.8. The van der Waals surface area contributed by atoms with Gasteiger partial charge in [0, 0.05) is 0 Å². The molecule has 1 aliphatic rings. The summed E-state index contributed by atoms with van der Waals surface area (Å²) in [4.78, 5) is 35.8. The average Bonchev–Trinajstić information content (AvgIpc) is 2.43. The van der Waals surface area contributed by atoms with Crippen LogP contribution < -0.4 is 0 Å². The summed E-state index contributed by atoms with van der Waals surface area (Å²) in [7, 11) is -9.37. The van der Waals surface area contributed by atoms with Gasteiger partial charge in [0.2, 0.25) is 0 Å². The lowest BCUT2D eigenvalue weighted by Crippen LogP contribution is -2.15. The predicted octanol–water partition coefficient (Wildman–Crippen LogP) is 1.59. The van der Waals surface area contributed by atoms with Crippen molar-refractivity contribution in [3.8, 4) is 0 Å². The van der Waals surface area contributed by atoms with E-state index in [1.54, 1.807) is 0 Å². The molecule has 0 amide bonds. The van der Waals surface area contributed by atoms with Gasteiger partial charge in [0.05, 0.1) is 6.10 Å². The second-order valence-corrected chi connectivity index (χ2v) is 7.77. The van der Waals surface area contributed by atoms with Crippen LogP contribution in [0.15, 0.2) is 0 Å². The molecule has 17 heavy (non-hydrogen) atoms. The van der Waals surface area contributed by atoms with Crippen LogP contribution in [-0.4, -0.2) is 30.9 Å². The first-order chi connectivity index (χ1) is 7.73. The summed E-state index contributed by atoms with van der Waals surface area (Å²) in [5.41, 5.74) is 0. The topological polar surface area (TPSA) is 131 Å². The summed E-state index contributed by atoms with van der Waals surface area (Å²) in [5, 5.41) is 5.67. The van der Waals surface area contributed by atoms with Gasteiger partial charge in [0.25, 0.3) is 0 Å². The van der Waals surface area contributed by atoms with Crippen molar-refractivity contribution in [2.45, 2.75) is 44.6 Å². The third-order valence-electron chi connectivity index (χ3n) is 2.65. The molecule has 9 heteroatoms. The van der Waals surface area contributed by atoms with E-state index in [4.69, 9.17) is 24.6 Å². The van der Waals surface area contributed by atoms with Gasteiger partial charge in [-0.2, -0.15) is 14.7 Å². The molecule has 0 radical (unpaired) electrons. The van der Waals surface area contributed by atoms with Gasteiger partial charge >= 0.3 is 20.7 Å². The highest BCUT2D eigenvalue weighted by Gasteiger charge is 2.52. The zero-order valence-corrected chi connectivity index (χ0v) is 11.1. The fourth-order valence-electron chi connectivity index (χ4n) is 1.77. The van der Waals surface area contributed by atoms with Crippen LogP contribution in [0.5, 0.6) is 0 Å². The molecule has 0 aromatic carbocycles. The van der Waals surface area contributed by atoms with E-state index in [2.05, 4.69) is 0 Å². The summed E-state index contributed by atoms with van der Waals surface area (Å²) < 4.78 is 16.5. The minimum atomic E-state index is -4.76. The molecule has 0 saturated heterocycles. The van der Waals surface area contributed by atoms with Gasteiger partial charge in [-0.1, -0.05) is 25.7 Å². The zero-order chi connectivity index (χ0) is 13.1. The molecule has 1 rings (SSSR count). The molecule has 1 atom stereocenters. The molecule has 1 aliphatic carbocycles. The molecule has 1 unspecified atom stereocenters. The highest BCUT2D eigenvalue weighted by molar-refractivity contribution is 8.00. The van der Waals surface area contributed by atoms with Gasteiger partial charge in [0.1, 0.15) is 0 Å². The third kappa shape index (κ3) is 4.72. The molecule has 5 N–H and O–H groups in total. The molecule has 1 fully saturated rings. The Morgan fingerprint density at radius 3 is 2.06 bits per heavy atom. The molecule has 7 nitrogen and oxygen atoms in total. The van der Waals surface area contributed by atoms with Crippen molar-refractivity contribution < 1.29 is 28.7 Å². The van der Waals surface area contributed by atoms with E-state index < -0.39 is 26.8 Å². The Balaban J connectivity index is 2.65. The van der Waals surface area contributed by atoms with E-state index >= 15 is 0 Å². The monoisotopic (exact) mass is 286 g/mol. The highest BCUT2D eigenvalue weighted by Crippen LogP contribution is 2.62. The van der Waals surface area contributed by atoms with E-state index in [0.29, 0.717) is 12.8 Å². The Kier molecular flexibility index (Phi) is 5.22. The molecular weight excluding hydrogens is 268 g/mol. The van der Waals surface area contributed by atoms with Crippen molar-refractivity contribution in [1.29, 1.82) is 5.41 Å².